The number of nitrogens with zero attached hydrogens (tertiary/aromatic N) is 3. The minimum absolute atomic E-state index is 0.165. The quantitative estimate of drug-likeness (QED) is 0.639. The minimum atomic E-state index is -0.165. The molecule has 1 aromatic carbocycles. The Hall–Kier alpha value is -2.62. The second-order valence-corrected chi connectivity index (χ2v) is 3.84. The number of carbonyl (C=O) groups excluding carboxylic acids is 1. The van der Waals surface area contributed by atoms with Crippen molar-refractivity contribution in [1.29, 1.82) is 0 Å². The number of aromatic nitrogens is 3. The van der Waals surface area contributed by atoms with E-state index in [2.05, 4.69) is 15.0 Å². The predicted molar refractivity (Wildman–Crippen MR) is 67.2 cm³/mol. The summed E-state index contributed by atoms with van der Waals surface area (Å²) >= 11 is 0. The number of hydrogen-bond donors (Lipinski definition) is 0. The fourth-order valence-corrected chi connectivity index (χ4v) is 1.76. The van der Waals surface area contributed by atoms with E-state index in [0.717, 1.165) is 10.9 Å². The van der Waals surface area contributed by atoms with Crippen molar-refractivity contribution in [3.05, 3.63) is 66.4 Å². The molecular formula is C14H9N3O. The van der Waals surface area contributed by atoms with Crippen molar-refractivity contribution in [3.8, 4) is 0 Å². The molecule has 0 aliphatic heterocycles. The van der Waals surface area contributed by atoms with Gasteiger partial charge in [0.05, 0.1) is 11.7 Å². The SMILES string of the molecule is O=C(c1cnc2ccccc2c1)c1cnccn1. The lowest BCUT2D eigenvalue weighted by molar-refractivity contribution is 0.103. The first-order valence-electron chi connectivity index (χ1n) is 5.50. The average molecular weight is 235 g/mol. The zero-order chi connectivity index (χ0) is 12.4. The molecule has 0 fully saturated rings. The number of carbonyl (C=O) groups is 1. The van der Waals surface area contributed by atoms with Gasteiger partial charge in [-0.1, -0.05) is 18.2 Å². The number of pyridine rings is 1. The van der Waals surface area contributed by atoms with Crippen molar-refractivity contribution in [2.75, 3.05) is 0 Å². The molecular weight excluding hydrogens is 226 g/mol. The van der Waals surface area contributed by atoms with Crippen LogP contribution in [-0.2, 0) is 0 Å². The second kappa shape index (κ2) is 4.33. The number of fused-ring (bicyclic) bond motifs is 1. The maximum atomic E-state index is 12.1. The van der Waals surface area contributed by atoms with E-state index in [0.29, 0.717) is 11.3 Å². The first-order chi connectivity index (χ1) is 8.84. The van der Waals surface area contributed by atoms with Gasteiger partial charge in [-0.2, -0.15) is 0 Å². The van der Waals surface area contributed by atoms with Crippen LogP contribution in [0.15, 0.2) is 55.1 Å². The number of benzene rings is 1. The Balaban J connectivity index is 2.07. The van der Waals surface area contributed by atoms with Crippen LogP contribution >= 0.6 is 0 Å². The van der Waals surface area contributed by atoms with Crippen molar-refractivity contribution in [2.45, 2.75) is 0 Å². The summed E-state index contributed by atoms with van der Waals surface area (Å²) in [7, 11) is 0. The molecule has 4 nitrogen and oxygen atoms in total. The summed E-state index contributed by atoms with van der Waals surface area (Å²) < 4.78 is 0. The first kappa shape index (κ1) is 10.5. The monoisotopic (exact) mass is 235 g/mol. The van der Waals surface area contributed by atoms with E-state index < -0.39 is 0 Å². The summed E-state index contributed by atoms with van der Waals surface area (Å²) in [6.07, 6.45) is 6.06. The lowest BCUT2D eigenvalue weighted by atomic mass is 10.1. The summed E-state index contributed by atoms with van der Waals surface area (Å²) in [4.78, 5) is 24.3. The van der Waals surface area contributed by atoms with Crippen LogP contribution in [0.4, 0.5) is 0 Å². The molecule has 0 aliphatic rings. The molecule has 0 unspecified atom stereocenters. The number of hydrogen-bond acceptors (Lipinski definition) is 4. The van der Waals surface area contributed by atoms with Gasteiger partial charge in [-0.05, 0) is 12.1 Å². The zero-order valence-corrected chi connectivity index (χ0v) is 9.45. The maximum Gasteiger partial charge on any atom is 0.214 e. The third kappa shape index (κ3) is 1.84. The molecule has 4 heteroatoms. The highest BCUT2D eigenvalue weighted by atomic mass is 16.1. The van der Waals surface area contributed by atoms with Crippen molar-refractivity contribution in [3.63, 3.8) is 0 Å². The van der Waals surface area contributed by atoms with Gasteiger partial charge in [0.2, 0.25) is 5.78 Å². The van der Waals surface area contributed by atoms with Crippen LogP contribution < -0.4 is 0 Å². The topological polar surface area (TPSA) is 55.7 Å². The smallest absolute Gasteiger partial charge is 0.214 e. The van der Waals surface area contributed by atoms with E-state index in [-0.39, 0.29) is 5.78 Å². The molecule has 0 saturated carbocycles. The highest BCUT2D eigenvalue weighted by Gasteiger charge is 2.11. The van der Waals surface area contributed by atoms with Crippen LogP contribution in [0.25, 0.3) is 10.9 Å². The van der Waals surface area contributed by atoms with E-state index in [1.165, 1.54) is 18.6 Å². The standard InChI is InChI=1S/C14H9N3O/c18-14(13-9-15-5-6-16-13)11-7-10-3-1-2-4-12(10)17-8-11/h1-9H. The zero-order valence-electron chi connectivity index (χ0n) is 9.45. The van der Waals surface area contributed by atoms with Crippen LogP contribution in [0.3, 0.4) is 0 Å². The summed E-state index contributed by atoms with van der Waals surface area (Å²) in [5.41, 5.74) is 1.72. The molecule has 0 aliphatic carbocycles. The predicted octanol–water partition coefficient (Wildman–Crippen LogP) is 2.26. The molecule has 2 heterocycles. The summed E-state index contributed by atoms with van der Waals surface area (Å²) in [6, 6.07) is 9.49. The molecule has 0 bridgehead atoms. The Morgan fingerprint density at radius 1 is 1.00 bits per heavy atom. The summed E-state index contributed by atoms with van der Waals surface area (Å²) in [5.74, 6) is -0.165. The fraction of sp³-hybridized carbons (Fsp3) is 0. The molecule has 2 aromatic heterocycles. The van der Waals surface area contributed by atoms with E-state index in [1.54, 1.807) is 6.20 Å². The van der Waals surface area contributed by atoms with Gasteiger partial charge in [0.1, 0.15) is 5.69 Å². The molecule has 0 amide bonds. The number of ketones is 1. The molecule has 0 N–H and O–H groups in total. The Bertz CT molecular complexity index is 710. The van der Waals surface area contributed by atoms with Gasteiger partial charge in [0.25, 0.3) is 0 Å². The molecule has 0 spiro atoms. The fourth-order valence-electron chi connectivity index (χ4n) is 1.76. The van der Waals surface area contributed by atoms with Gasteiger partial charge in [-0.15, -0.1) is 0 Å². The van der Waals surface area contributed by atoms with Gasteiger partial charge in [0, 0.05) is 29.5 Å². The lowest BCUT2D eigenvalue weighted by Crippen LogP contribution is -2.04. The molecule has 0 saturated heterocycles. The van der Waals surface area contributed by atoms with Crippen LogP contribution in [0.2, 0.25) is 0 Å². The van der Waals surface area contributed by atoms with Crippen molar-refractivity contribution < 1.29 is 4.79 Å². The Labute approximate surface area is 103 Å². The van der Waals surface area contributed by atoms with Gasteiger partial charge >= 0.3 is 0 Å². The maximum absolute atomic E-state index is 12.1. The molecule has 86 valence electrons. The summed E-state index contributed by atoms with van der Waals surface area (Å²) in [5, 5.41) is 0.937. The molecule has 18 heavy (non-hydrogen) atoms. The van der Waals surface area contributed by atoms with Crippen molar-refractivity contribution in [1.82, 2.24) is 15.0 Å². The molecule has 3 rings (SSSR count). The molecule has 0 radical (unpaired) electrons. The van der Waals surface area contributed by atoms with Crippen molar-refractivity contribution in [2.24, 2.45) is 0 Å². The highest BCUT2D eigenvalue weighted by Crippen LogP contribution is 2.14. The van der Waals surface area contributed by atoms with Gasteiger partial charge in [-0.3, -0.25) is 14.8 Å². The normalized spacial score (nSPS) is 10.4. The lowest BCUT2D eigenvalue weighted by Gasteiger charge is -2.01. The van der Waals surface area contributed by atoms with Gasteiger partial charge in [0.15, 0.2) is 0 Å². The van der Waals surface area contributed by atoms with Crippen LogP contribution in [0.1, 0.15) is 16.1 Å². The minimum Gasteiger partial charge on any atom is -0.287 e. The van der Waals surface area contributed by atoms with Crippen LogP contribution in [0.5, 0.6) is 0 Å². The molecule has 0 atom stereocenters. The van der Waals surface area contributed by atoms with Crippen LogP contribution in [0, 0.1) is 0 Å². The third-order valence-corrected chi connectivity index (χ3v) is 2.65. The number of rotatable bonds is 2. The third-order valence-electron chi connectivity index (χ3n) is 2.65. The number of para-hydroxylation sites is 1. The van der Waals surface area contributed by atoms with Crippen molar-refractivity contribution >= 4 is 16.7 Å². The summed E-state index contributed by atoms with van der Waals surface area (Å²) in [6.45, 7) is 0. The second-order valence-electron chi connectivity index (χ2n) is 3.84. The largest absolute Gasteiger partial charge is 0.287 e. The van der Waals surface area contributed by atoms with Gasteiger partial charge < -0.3 is 0 Å². The van der Waals surface area contributed by atoms with E-state index in [1.807, 2.05) is 30.3 Å². The first-order valence-corrected chi connectivity index (χ1v) is 5.50. The Morgan fingerprint density at radius 3 is 2.72 bits per heavy atom. The Kier molecular flexibility index (Phi) is 2.53. The van der Waals surface area contributed by atoms with Gasteiger partial charge in [-0.25, -0.2) is 4.98 Å². The average Bonchev–Trinajstić information content (AvgIpc) is 2.47. The Morgan fingerprint density at radius 2 is 1.89 bits per heavy atom. The van der Waals surface area contributed by atoms with Crippen LogP contribution in [-0.4, -0.2) is 20.7 Å². The van der Waals surface area contributed by atoms with E-state index >= 15 is 0 Å². The molecule has 3 aromatic rings. The highest BCUT2D eigenvalue weighted by molar-refractivity contribution is 6.08. The van der Waals surface area contributed by atoms with E-state index in [4.69, 9.17) is 0 Å². The van der Waals surface area contributed by atoms with E-state index in [9.17, 15) is 4.79 Å².